The van der Waals surface area contributed by atoms with Crippen LogP contribution >= 0.6 is 0 Å². The van der Waals surface area contributed by atoms with Gasteiger partial charge in [-0.15, -0.1) is 0 Å². The monoisotopic (exact) mass is 152 g/mol. The second kappa shape index (κ2) is 2.38. The summed E-state index contributed by atoms with van der Waals surface area (Å²) in [6.07, 6.45) is 5.83. The summed E-state index contributed by atoms with van der Waals surface area (Å²) >= 11 is 0. The molecular formula is C8H12N2O. The number of hydrogen-bond donors (Lipinski definition) is 1. The molecule has 0 aromatic carbocycles. The van der Waals surface area contributed by atoms with Gasteiger partial charge >= 0.3 is 0 Å². The van der Waals surface area contributed by atoms with E-state index in [4.69, 9.17) is 5.26 Å². The first-order valence-electron chi connectivity index (χ1n) is 4.17. The van der Waals surface area contributed by atoms with Crippen LogP contribution in [0.3, 0.4) is 0 Å². The first kappa shape index (κ1) is 6.93. The van der Waals surface area contributed by atoms with Crippen LogP contribution < -0.4 is 0 Å². The molecule has 0 spiro atoms. The van der Waals surface area contributed by atoms with Crippen molar-refractivity contribution in [3.8, 4) is 6.19 Å². The molecule has 1 N–H and O–H groups in total. The van der Waals surface area contributed by atoms with E-state index in [0.717, 1.165) is 25.7 Å². The average molecular weight is 152 g/mol. The lowest BCUT2D eigenvalue weighted by Gasteiger charge is -2.32. The quantitative estimate of drug-likeness (QED) is 0.513. The van der Waals surface area contributed by atoms with Gasteiger partial charge in [0.1, 0.15) is 0 Å². The van der Waals surface area contributed by atoms with Gasteiger partial charge in [-0.1, -0.05) is 0 Å². The SMILES string of the molecule is N#CN1C2CCC1CC(O)C2. The highest BCUT2D eigenvalue weighted by atomic mass is 16.3. The number of fused-ring (bicyclic) bond motifs is 2. The van der Waals surface area contributed by atoms with Crippen molar-refractivity contribution in [2.75, 3.05) is 0 Å². The van der Waals surface area contributed by atoms with Crippen molar-refractivity contribution in [3.05, 3.63) is 0 Å². The van der Waals surface area contributed by atoms with Crippen LogP contribution in [0, 0.1) is 11.5 Å². The second-order valence-corrected chi connectivity index (χ2v) is 3.52. The molecule has 0 aromatic rings. The first-order valence-corrected chi connectivity index (χ1v) is 4.17. The second-order valence-electron chi connectivity index (χ2n) is 3.52. The molecule has 0 aliphatic carbocycles. The summed E-state index contributed by atoms with van der Waals surface area (Å²) in [5.74, 6) is 0. The Balaban J connectivity index is 2.14. The van der Waals surface area contributed by atoms with Crippen LogP contribution in [-0.2, 0) is 0 Å². The molecule has 0 aromatic heterocycles. The molecule has 2 bridgehead atoms. The maximum absolute atomic E-state index is 9.37. The summed E-state index contributed by atoms with van der Waals surface area (Å²) < 4.78 is 0. The maximum Gasteiger partial charge on any atom is 0.179 e. The molecule has 2 atom stereocenters. The fraction of sp³-hybridized carbons (Fsp3) is 0.875. The average Bonchev–Trinajstić information content (AvgIpc) is 2.23. The predicted molar refractivity (Wildman–Crippen MR) is 39.5 cm³/mol. The van der Waals surface area contributed by atoms with Gasteiger partial charge in [0.05, 0.1) is 6.10 Å². The topological polar surface area (TPSA) is 47.3 Å². The summed E-state index contributed by atoms with van der Waals surface area (Å²) in [4.78, 5) is 1.87. The van der Waals surface area contributed by atoms with Crippen molar-refractivity contribution in [1.29, 1.82) is 5.26 Å². The molecule has 2 heterocycles. The minimum absolute atomic E-state index is 0.155. The molecule has 11 heavy (non-hydrogen) atoms. The third-order valence-corrected chi connectivity index (χ3v) is 2.82. The number of rotatable bonds is 0. The number of aliphatic hydroxyl groups excluding tert-OH is 1. The number of nitrogens with zero attached hydrogens (tertiary/aromatic N) is 2. The van der Waals surface area contributed by atoms with E-state index in [1.54, 1.807) is 0 Å². The van der Waals surface area contributed by atoms with Crippen LogP contribution in [-0.4, -0.2) is 28.2 Å². The zero-order valence-electron chi connectivity index (χ0n) is 6.40. The van der Waals surface area contributed by atoms with E-state index in [1.165, 1.54) is 0 Å². The molecule has 3 heteroatoms. The van der Waals surface area contributed by atoms with Gasteiger partial charge in [-0.25, -0.2) is 0 Å². The van der Waals surface area contributed by atoms with E-state index < -0.39 is 0 Å². The van der Waals surface area contributed by atoms with Crippen molar-refractivity contribution < 1.29 is 5.11 Å². The van der Waals surface area contributed by atoms with E-state index in [1.807, 2.05) is 4.90 Å². The summed E-state index contributed by atoms with van der Waals surface area (Å²) in [7, 11) is 0. The molecule has 2 aliphatic heterocycles. The van der Waals surface area contributed by atoms with Gasteiger partial charge in [0.25, 0.3) is 0 Å². The Bertz CT molecular complexity index is 185. The van der Waals surface area contributed by atoms with Crippen molar-refractivity contribution in [2.45, 2.75) is 43.9 Å². The van der Waals surface area contributed by atoms with Gasteiger partial charge in [-0.05, 0) is 25.7 Å². The highest BCUT2D eigenvalue weighted by Gasteiger charge is 2.39. The highest BCUT2D eigenvalue weighted by Crippen LogP contribution is 2.34. The number of aliphatic hydroxyl groups is 1. The Kier molecular flexibility index (Phi) is 1.50. The van der Waals surface area contributed by atoms with Gasteiger partial charge in [0.2, 0.25) is 0 Å². The van der Waals surface area contributed by atoms with E-state index in [9.17, 15) is 5.11 Å². The summed E-state index contributed by atoms with van der Waals surface area (Å²) in [5, 5.41) is 18.1. The van der Waals surface area contributed by atoms with Crippen LogP contribution in [0.5, 0.6) is 0 Å². The lowest BCUT2D eigenvalue weighted by molar-refractivity contribution is 0.0651. The van der Waals surface area contributed by atoms with Gasteiger partial charge in [0, 0.05) is 12.1 Å². The lowest BCUT2D eigenvalue weighted by atomic mass is 10.0. The van der Waals surface area contributed by atoms with Crippen LogP contribution in [0.2, 0.25) is 0 Å². The predicted octanol–water partition coefficient (Wildman–Crippen LogP) is 0.455. The third-order valence-electron chi connectivity index (χ3n) is 2.82. The summed E-state index contributed by atoms with van der Waals surface area (Å²) in [5.41, 5.74) is 0. The Hall–Kier alpha value is -0.750. The van der Waals surface area contributed by atoms with Crippen molar-refractivity contribution in [2.24, 2.45) is 0 Å². The Morgan fingerprint density at radius 2 is 1.82 bits per heavy atom. The Labute approximate surface area is 66.2 Å². The van der Waals surface area contributed by atoms with Crippen molar-refractivity contribution in [1.82, 2.24) is 4.90 Å². The zero-order chi connectivity index (χ0) is 7.84. The molecule has 2 unspecified atom stereocenters. The molecule has 2 fully saturated rings. The smallest absolute Gasteiger partial charge is 0.179 e. The van der Waals surface area contributed by atoms with Gasteiger partial charge < -0.3 is 10.0 Å². The van der Waals surface area contributed by atoms with Gasteiger partial charge in [-0.2, -0.15) is 5.26 Å². The largest absolute Gasteiger partial charge is 0.393 e. The molecule has 2 aliphatic rings. The van der Waals surface area contributed by atoms with E-state index in [2.05, 4.69) is 6.19 Å². The van der Waals surface area contributed by atoms with Crippen molar-refractivity contribution >= 4 is 0 Å². The van der Waals surface area contributed by atoms with Gasteiger partial charge in [-0.3, -0.25) is 0 Å². The van der Waals surface area contributed by atoms with E-state index in [0.29, 0.717) is 12.1 Å². The normalized spacial score (nSPS) is 42.2. The number of nitriles is 1. The third kappa shape index (κ3) is 0.982. The highest BCUT2D eigenvalue weighted by molar-refractivity contribution is 5.00. The van der Waals surface area contributed by atoms with Gasteiger partial charge in [0.15, 0.2) is 6.19 Å². The molecule has 60 valence electrons. The summed E-state index contributed by atoms with van der Waals surface area (Å²) in [6.45, 7) is 0. The fourth-order valence-corrected chi connectivity index (χ4v) is 2.31. The number of piperidine rings is 1. The minimum atomic E-state index is -0.155. The Morgan fingerprint density at radius 3 is 2.27 bits per heavy atom. The van der Waals surface area contributed by atoms with E-state index >= 15 is 0 Å². The van der Waals surface area contributed by atoms with Crippen LogP contribution in [0.25, 0.3) is 0 Å². The minimum Gasteiger partial charge on any atom is -0.393 e. The Morgan fingerprint density at radius 1 is 1.27 bits per heavy atom. The molecule has 0 radical (unpaired) electrons. The summed E-state index contributed by atoms with van der Waals surface area (Å²) in [6, 6.07) is 0.683. The van der Waals surface area contributed by atoms with E-state index in [-0.39, 0.29) is 6.10 Å². The molecular weight excluding hydrogens is 140 g/mol. The van der Waals surface area contributed by atoms with Crippen LogP contribution in [0.4, 0.5) is 0 Å². The lowest BCUT2D eigenvalue weighted by Crippen LogP contribution is -2.41. The molecule has 0 amide bonds. The molecule has 3 nitrogen and oxygen atoms in total. The zero-order valence-corrected chi connectivity index (χ0v) is 6.40. The van der Waals surface area contributed by atoms with Crippen LogP contribution in [0.1, 0.15) is 25.7 Å². The molecule has 2 rings (SSSR count). The molecule has 2 saturated heterocycles. The number of hydrogen-bond acceptors (Lipinski definition) is 3. The fourth-order valence-electron chi connectivity index (χ4n) is 2.31. The standard InChI is InChI=1S/C8H12N2O/c9-5-10-6-1-2-7(10)4-8(11)3-6/h6-8,11H,1-4H2. The van der Waals surface area contributed by atoms with Crippen LogP contribution in [0.15, 0.2) is 0 Å². The van der Waals surface area contributed by atoms with Crippen molar-refractivity contribution in [3.63, 3.8) is 0 Å². The molecule has 0 saturated carbocycles. The maximum atomic E-state index is 9.37. The first-order chi connectivity index (χ1) is 5.31.